The first-order chi connectivity index (χ1) is 13.1. The lowest BCUT2D eigenvalue weighted by atomic mass is 10.3. The van der Waals surface area contributed by atoms with Crippen molar-refractivity contribution < 1.29 is 27.5 Å². The third kappa shape index (κ3) is 6.05. The molecule has 2 N–H and O–H groups in total. The highest BCUT2D eigenvalue weighted by Gasteiger charge is 2.31. The van der Waals surface area contributed by atoms with E-state index in [0.717, 1.165) is 0 Å². The SMILES string of the molecule is CC(=O)Nc1nc(C)cc(C(=O)NCCOc2ncc(C(F)(F)F)cc2Cl)n1. The van der Waals surface area contributed by atoms with Gasteiger partial charge in [-0.3, -0.25) is 14.9 Å². The average Bonchev–Trinajstić information content (AvgIpc) is 2.57. The van der Waals surface area contributed by atoms with Crippen LogP contribution in [0.1, 0.15) is 28.7 Å². The Kier molecular flexibility index (Phi) is 6.73. The highest BCUT2D eigenvalue weighted by Crippen LogP contribution is 2.32. The maximum Gasteiger partial charge on any atom is 0.417 e. The minimum absolute atomic E-state index is 0.00497. The maximum atomic E-state index is 12.6. The number of nitrogens with zero attached hydrogens (tertiary/aromatic N) is 3. The molecule has 0 aromatic carbocycles. The van der Waals surface area contributed by atoms with Gasteiger partial charge in [0, 0.05) is 18.8 Å². The van der Waals surface area contributed by atoms with Crippen molar-refractivity contribution in [3.8, 4) is 5.88 Å². The summed E-state index contributed by atoms with van der Waals surface area (Å²) in [5.74, 6) is -1.12. The topological polar surface area (TPSA) is 106 Å². The lowest BCUT2D eigenvalue weighted by molar-refractivity contribution is -0.137. The fraction of sp³-hybridized carbons (Fsp3) is 0.312. The van der Waals surface area contributed by atoms with Crippen LogP contribution in [-0.4, -0.2) is 39.9 Å². The van der Waals surface area contributed by atoms with Crippen LogP contribution in [0.25, 0.3) is 0 Å². The molecular weight excluding hydrogens is 403 g/mol. The van der Waals surface area contributed by atoms with Gasteiger partial charge in [-0.2, -0.15) is 13.2 Å². The van der Waals surface area contributed by atoms with E-state index < -0.39 is 17.6 Å². The van der Waals surface area contributed by atoms with Gasteiger partial charge >= 0.3 is 6.18 Å². The molecule has 0 atom stereocenters. The summed E-state index contributed by atoms with van der Waals surface area (Å²) in [5, 5.41) is 4.60. The number of aryl methyl sites for hydroxylation is 1. The van der Waals surface area contributed by atoms with Gasteiger partial charge < -0.3 is 10.1 Å². The Morgan fingerprint density at radius 3 is 2.57 bits per heavy atom. The number of aromatic nitrogens is 3. The normalized spacial score (nSPS) is 11.1. The van der Waals surface area contributed by atoms with Crippen molar-refractivity contribution in [2.24, 2.45) is 0 Å². The van der Waals surface area contributed by atoms with E-state index in [1.807, 2.05) is 0 Å². The van der Waals surface area contributed by atoms with Gasteiger partial charge in [0.05, 0.1) is 12.1 Å². The molecule has 2 rings (SSSR count). The van der Waals surface area contributed by atoms with E-state index in [0.29, 0.717) is 18.0 Å². The van der Waals surface area contributed by atoms with Gasteiger partial charge in [-0.15, -0.1) is 0 Å². The number of alkyl halides is 3. The number of carbonyl (C=O) groups is 2. The van der Waals surface area contributed by atoms with Gasteiger partial charge in [0.1, 0.15) is 17.3 Å². The quantitative estimate of drug-likeness (QED) is 0.700. The van der Waals surface area contributed by atoms with Crippen molar-refractivity contribution in [3.63, 3.8) is 0 Å². The molecule has 0 aliphatic heterocycles. The number of hydrogen-bond donors (Lipinski definition) is 2. The predicted octanol–water partition coefficient (Wildman–Crippen LogP) is 2.62. The molecule has 0 saturated carbocycles. The Balaban J connectivity index is 1.91. The Hall–Kier alpha value is -2.95. The van der Waals surface area contributed by atoms with Gasteiger partial charge in [0.25, 0.3) is 5.91 Å². The van der Waals surface area contributed by atoms with Crippen LogP contribution in [0.15, 0.2) is 18.3 Å². The maximum absolute atomic E-state index is 12.6. The van der Waals surface area contributed by atoms with Crippen LogP contribution in [0.3, 0.4) is 0 Å². The van der Waals surface area contributed by atoms with E-state index in [1.54, 1.807) is 6.92 Å². The Morgan fingerprint density at radius 2 is 1.96 bits per heavy atom. The number of halogens is 4. The molecule has 0 fully saturated rings. The number of ether oxygens (including phenoxy) is 1. The monoisotopic (exact) mass is 417 g/mol. The molecule has 0 unspecified atom stereocenters. The van der Waals surface area contributed by atoms with Crippen molar-refractivity contribution in [2.45, 2.75) is 20.0 Å². The zero-order valence-electron chi connectivity index (χ0n) is 14.7. The highest BCUT2D eigenvalue weighted by atomic mass is 35.5. The number of amides is 2. The lowest BCUT2D eigenvalue weighted by Gasteiger charge is -2.11. The van der Waals surface area contributed by atoms with Crippen molar-refractivity contribution in [2.75, 3.05) is 18.5 Å². The molecule has 0 spiro atoms. The zero-order valence-corrected chi connectivity index (χ0v) is 15.5. The number of carbonyl (C=O) groups excluding carboxylic acids is 2. The van der Waals surface area contributed by atoms with Crippen molar-refractivity contribution >= 4 is 29.4 Å². The van der Waals surface area contributed by atoms with Gasteiger partial charge in [0.2, 0.25) is 17.7 Å². The number of hydrogen-bond acceptors (Lipinski definition) is 6. The smallest absolute Gasteiger partial charge is 0.417 e. The fourth-order valence-electron chi connectivity index (χ4n) is 1.99. The summed E-state index contributed by atoms with van der Waals surface area (Å²) < 4.78 is 42.9. The second-order valence-corrected chi connectivity index (χ2v) is 5.92. The second kappa shape index (κ2) is 8.83. The first-order valence-corrected chi connectivity index (χ1v) is 8.21. The predicted molar refractivity (Wildman–Crippen MR) is 93.1 cm³/mol. The van der Waals surface area contributed by atoms with Gasteiger partial charge in [0.15, 0.2) is 0 Å². The second-order valence-electron chi connectivity index (χ2n) is 5.51. The fourth-order valence-corrected chi connectivity index (χ4v) is 2.21. The van der Waals surface area contributed by atoms with E-state index in [4.69, 9.17) is 16.3 Å². The number of anilines is 1. The number of pyridine rings is 1. The average molecular weight is 418 g/mol. The molecule has 2 amide bonds. The van der Waals surface area contributed by atoms with Crippen LogP contribution in [-0.2, 0) is 11.0 Å². The Morgan fingerprint density at radius 1 is 1.25 bits per heavy atom. The van der Waals surface area contributed by atoms with E-state index in [2.05, 4.69) is 25.6 Å². The van der Waals surface area contributed by atoms with Crippen LogP contribution in [0, 0.1) is 6.92 Å². The molecule has 2 aromatic rings. The molecule has 2 aromatic heterocycles. The van der Waals surface area contributed by atoms with Crippen molar-refractivity contribution in [1.29, 1.82) is 0 Å². The van der Waals surface area contributed by atoms with Crippen LogP contribution in [0.5, 0.6) is 5.88 Å². The van der Waals surface area contributed by atoms with Crippen LogP contribution in [0.4, 0.5) is 19.1 Å². The van der Waals surface area contributed by atoms with E-state index in [1.165, 1.54) is 13.0 Å². The van der Waals surface area contributed by atoms with Crippen molar-refractivity contribution in [1.82, 2.24) is 20.3 Å². The number of rotatable bonds is 6. The van der Waals surface area contributed by atoms with Crippen LogP contribution in [0.2, 0.25) is 5.02 Å². The van der Waals surface area contributed by atoms with E-state index in [-0.39, 0.29) is 41.6 Å². The summed E-state index contributed by atoms with van der Waals surface area (Å²) in [4.78, 5) is 34.6. The summed E-state index contributed by atoms with van der Waals surface area (Å²) in [6.45, 7) is 2.83. The molecule has 0 saturated heterocycles. The summed E-state index contributed by atoms with van der Waals surface area (Å²) in [7, 11) is 0. The van der Waals surface area contributed by atoms with Crippen LogP contribution >= 0.6 is 11.6 Å². The Bertz CT molecular complexity index is 892. The standard InChI is InChI=1S/C16H15ClF3N5O3/c1-8-5-12(25-15(23-8)24-9(2)26)13(27)21-3-4-28-14-11(17)6-10(7-22-14)16(18,19)20/h5-7H,3-4H2,1-2H3,(H,21,27)(H,23,24,25,26). The molecule has 0 aliphatic carbocycles. The first-order valence-electron chi connectivity index (χ1n) is 7.83. The largest absolute Gasteiger partial charge is 0.475 e. The van der Waals surface area contributed by atoms with E-state index in [9.17, 15) is 22.8 Å². The summed E-state index contributed by atoms with van der Waals surface area (Å²) in [5.41, 5.74) is -0.491. The van der Waals surface area contributed by atoms with Gasteiger partial charge in [-0.1, -0.05) is 11.6 Å². The minimum atomic E-state index is -4.56. The molecule has 2 heterocycles. The molecule has 12 heteroatoms. The molecule has 150 valence electrons. The molecular formula is C16H15ClF3N5O3. The third-order valence-corrected chi connectivity index (χ3v) is 3.41. The Labute approximate surface area is 162 Å². The van der Waals surface area contributed by atoms with E-state index >= 15 is 0 Å². The summed E-state index contributed by atoms with van der Waals surface area (Å²) >= 11 is 5.72. The van der Waals surface area contributed by atoms with Gasteiger partial charge in [-0.05, 0) is 19.1 Å². The lowest BCUT2D eigenvalue weighted by Crippen LogP contribution is -2.29. The highest BCUT2D eigenvalue weighted by molar-refractivity contribution is 6.31. The third-order valence-electron chi connectivity index (χ3n) is 3.14. The van der Waals surface area contributed by atoms with Crippen LogP contribution < -0.4 is 15.4 Å². The molecule has 0 radical (unpaired) electrons. The minimum Gasteiger partial charge on any atom is -0.475 e. The summed E-state index contributed by atoms with van der Waals surface area (Å²) in [6, 6.07) is 2.13. The zero-order chi connectivity index (χ0) is 20.9. The van der Waals surface area contributed by atoms with Crippen molar-refractivity contribution in [3.05, 3.63) is 40.3 Å². The first kappa shape index (κ1) is 21.4. The molecule has 0 aliphatic rings. The molecule has 8 nitrogen and oxygen atoms in total. The summed E-state index contributed by atoms with van der Waals surface area (Å²) in [6.07, 6.45) is -3.96. The number of nitrogens with one attached hydrogen (secondary N) is 2. The van der Waals surface area contributed by atoms with Gasteiger partial charge in [-0.25, -0.2) is 15.0 Å². The molecule has 28 heavy (non-hydrogen) atoms. The molecule has 0 bridgehead atoms.